The first kappa shape index (κ1) is 12.1. The molecule has 0 spiro atoms. The number of nitrogens with two attached hydrogens (primary N) is 1. The molecule has 2 N–H and O–H groups in total. The van der Waals surface area contributed by atoms with Crippen LogP contribution in [0.3, 0.4) is 0 Å². The van der Waals surface area contributed by atoms with E-state index in [0.29, 0.717) is 24.3 Å². The second-order valence-electron chi connectivity index (χ2n) is 3.86. The van der Waals surface area contributed by atoms with Gasteiger partial charge in [0, 0.05) is 13.5 Å². The average molecular weight is 242 g/mol. The van der Waals surface area contributed by atoms with Crippen molar-refractivity contribution in [3.05, 3.63) is 41.7 Å². The Bertz CT molecular complexity index is 583. The zero-order chi connectivity index (χ0) is 13.0. The van der Waals surface area contributed by atoms with E-state index in [1.165, 1.54) is 0 Å². The lowest BCUT2D eigenvalue weighted by atomic mass is 10.2. The first-order valence-corrected chi connectivity index (χ1v) is 5.58. The van der Waals surface area contributed by atoms with Crippen LogP contribution in [0, 0.1) is 11.3 Å². The largest absolute Gasteiger partial charge is 0.396 e. The number of benzene rings is 1. The zero-order valence-electron chi connectivity index (χ0n) is 10.1. The second kappa shape index (κ2) is 5.34. The van der Waals surface area contributed by atoms with E-state index in [-0.39, 0.29) is 0 Å². The Morgan fingerprint density at radius 3 is 3.06 bits per heavy atom. The van der Waals surface area contributed by atoms with Gasteiger partial charge in [-0.05, 0) is 18.2 Å². The number of ether oxygens (including phenoxy) is 1. The number of nitrogen functional groups attached to an aromatic ring is 1. The van der Waals surface area contributed by atoms with Gasteiger partial charge in [0.2, 0.25) is 0 Å². The number of rotatable bonds is 4. The fourth-order valence-corrected chi connectivity index (χ4v) is 1.77. The van der Waals surface area contributed by atoms with Gasteiger partial charge in [-0.3, -0.25) is 0 Å². The van der Waals surface area contributed by atoms with Gasteiger partial charge < -0.3 is 10.5 Å². The summed E-state index contributed by atoms with van der Waals surface area (Å²) in [4.78, 5) is 0. The van der Waals surface area contributed by atoms with Crippen molar-refractivity contribution in [2.45, 2.75) is 6.42 Å². The molecule has 1 heterocycles. The first-order chi connectivity index (χ1) is 8.76. The predicted molar refractivity (Wildman–Crippen MR) is 68.3 cm³/mol. The lowest BCUT2D eigenvalue weighted by Gasteiger charge is -2.08. The van der Waals surface area contributed by atoms with E-state index in [1.807, 2.05) is 12.1 Å². The van der Waals surface area contributed by atoms with Crippen LogP contribution in [0.15, 0.2) is 30.5 Å². The van der Waals surface area contributed by atoms with Crippen molar-refractivity contribution < 1.29 is 4.74 Å². The molecule has 0 unspecified atom stereocenters. The molecule has 5 nitrogen and oxygen atoms in total. The van der Waals surface area contributed by atoms with Gasteiger partial charge >= 0.3 is 0 Å². The van der Waals surface area contributed by atoms with Gasteiger partial charge in [0.1, 0.15) is 0 Å². The van der Waals surface area contributed by atoms with Crippen LogP contribution in [-0.2, 0) is 11.2 Å². The molecule has 2 rings (SSSR count). The molecule has 5 heteroatoms. The Morgan fingerprint density at radius 2 is 2.33 bits per heavy atom. The molecular formula is C13H14N4O. The maximum Gasteiger partial charge on any atom is 0.0992 e. The molecule has 1 aromatic heterocycles. The van der Waals surface area contributed by atoms with Gasteiger partial charge in [0.25, 0.3) is 0 Å². The van der Waals surface area contributed by atoms with Crippen molar-refractivity contribution in [3.63, 3.8) is 0 Å². The fraction of sp³-hybridized carbons (Fsp3) is 0.231. The lowest BCUT2D eigenvalue weighted by Crippen LogP contribution is -2.07. The fourth-order valence-electron chi connectivity index (χ4n) is 1.77. The summed E-state index contributed by atoms with van der Waals surface area (Å²) in [5, 5.41) is 13.1. The van der Waals surface area contributed by atoms with Crippen LogP contribution in [0.1, 0.15) is 11.3 Å². The van der Waals surface area contributed by atoms with Crippen LogP contribution >= 0.6 is 0 Å². The normalized spacial score (nSPS) is 10.2. The molecule has 18 heavy (non-hydrogen) atoms. The van der Waals surface area contributed by atoms with Crippen molar-refractivity contribution in [2.24, 2.45) is 0 Å². The van der Waals surface area contributed by atoms with Crippen LogP contribution in [-0.4, -0.2) is 23.5 Å². The molecule has 1 aromatic carbocycles. The summed E-state index contributed by atoms with van der Waals surface area (Å²) in [5.74, 6) is 0. The number of methoxy groups -OCH3 is 1. The topological polar surface area (TPSA) is 76.9 Å². The monoisotopic (exact) mass is 242 g/mol. The van der Waals surface area contributed by atoms with Crippen LogP contribution in [0.5, 0.6) is 0 Å². The average Bonchev–Trinajstić information content (AvgIpc) is 2.77. The highest BCUT2D eigenvalue weighted by Crippen LogP contribution is 2.18. The highest BCUT2D eigenvalue weighted by Gasteiger charge is 2.10. The molecule has 92 valence electrons. The number of nitriles is 1. The van der Waals surface area contributed by atoms with Gasteiger partial charge in [-0.25, -0.2) is 4.68 Å². The molecule has 0 radical (unpaired) electrons. The molecule has 0 saturated carbocycles. The summed E-state index contributed by atoms with van der Waals surface area (Å²) in [6.07, 6.45) is 2.29. The minimum Gasteiger partial charge on any atom is -0.396 e. The summed E-state index contributed by atoms with van der Waals surface area (Å²) in [5.41, 5.74) is 8.84. The Labute approximate surface area is 105 Å². The third kappa shape index (κ3) is 2.34. The van der Waals surface area contributed by atoms with E-state index in [1.54, 1.807) is 30.1 Å². The highest BCUT2D eigenvalue weighted by atomic mass is 16.5. The van der Waals surface area contributed by atoms with Crippen molar-refractivity contribution in [2.75, 3.05) is 19.5 Å². The minimum absolute atomic E-state index is 0.577. The predicted octanol–water partition coefficient (Wildman–Crippen LogP) is 1.52. The Kier molecular flexibility index (Phi) is 3.60. The molecule has 0 bridgehead atoms. The Hall–Kier alpha value is -2.32. The summed E-state index contributed by atoms with van der Waals surface area (Å²) in [6.45, 7) is 0.577. The molecule has 0 saturated heterocycles. The van der Waals surface area contributed by atoms with E-state index in [4.69, 9.17) is 15.7 Å². The molecule has 0 atom stereocenters. The highest BCUT2D eigenvalue weighted by molar-refractivity contribution is 5.48. The van der Waals surface area contributed by atoms with Gasteiger partial charge in [-0.15, -0.1) is 0 Å². The molecule has 2 aromatic rings. The number of nitrogens with zero attached hydrogens (tertiary/aromatic N) is 3. The van der Waals surface area contributed by atoms with Crippen LogP contribution in [0.4, 0.5) is 5.69 Å². The molecule has 0 aliphatic heterocycles. The van der Waals surface area contributed by atoms with E-state index < -0.39 is 0 Å². The number of anilines is 1. The van der Waals surface area contributed by atoms with E-state index in [9.17, 15) is 0 Å². The SMILES string of the molecule is COCCc1c(N)cnn1-c1cccc(C#N)c1. The van der Waals surface area contributed by atoms with Gasteiger partial charge in [-0.2, -0.15) is 10.4 Å². The van der Waals surface area contributed by atoms with E-state index >= 15 is 0 Å². The van der Waals surface area contributed by atoms with Gasteiger partial charge in [0.15, 0.2) is 0 Å². The molecule has 0 fully saturated rings. The minimum atomic E-state index is 0.577. The van der Waals surface area contributed by atoms with Gasteiger partial charge in [-0.1, -0.05) is 6.07 Å². The number of hydrogen-bond acceptors (Lipinski definition) is 4. The van der Waals surface area contributed by atoms with Crippen LogP contribution in [0.2, 0.25) is 0 Å². The molecular weight excluding hydrogens is 228 g/mol. The number of hydrogen-bond donors (Lipinski definition) is 1. The summed E-state index contributed by atoms with van der Waals surface area (Å²) in [7, 11) is 1.65. The summed E-state index contributed by atoms with van der Waals surface area (Å²) in [6, 6.07) is 9.36. The Balaban J connectivity index is 2.41. The second-order valence-corrected chi connectivity index (χ2v) is 3.86. The zero-order valence-corrected chi connectivity index (χ0v) is 10.1. The van der Waals surface area contributed by atoms with E-state index in [2.05, 4.69) is 11.2 Å². The van der Waals surface area contributed by atoms with Crippen molar-refractivity contribution >= 4 is 5.69 Å². The maximum atomic E-state index is 8.90. The van der Waals surface area contributed by atoms with Crippen molar-refractivity contribution in [1.29, 1.82) is 5.26 Å². The summed E-state index contributed by atoms with van der Waals surface area (Å²) >= 11 is 0. The quantitative estimate of drug-likeness (QED) is 0.881. The standard InChI is InChI=1S/C13H14N4O/c1-18-6-5-13-12(15)9-16-17(13)11-4-2-3-10(7-11)8-14/h2-4,7,9H,5-6,15H2,1H3. The molecule has 0 aliphatic carbocycles. The maximum absolute atomic E-state index is 8.90. The lowest BCUT2D eigenvalue weighted by molar-refractivity contribution is 0.201. The van der Waals surface area contributed by atoms with Crippen LogP contribution in [0.25, 0.3) is 5.69 Å². The molecule has 0 amide bonds. The number of aromatic nitrogens is 2. The third-order valence-electron chi connectivity index (χ3n) is 2.66. The van der Waals surface area contributed by atoms with E-state index in [0.717, 1.165) is 11.4 Å². The first-order valence-electron chi connectivity index (χ1n) is 5.58. The van der Waals surface area contributed by atoms with Crippen LogP contribution < -0.4 is 5.73 Å². The Morgan fingerprint density at radius 1 is 1.50 bits per heavy atom. The van der Waals surface area contributed by atoms with Crippen molar-refractivity contribution in [1.82, 2.24) is 9.78 Å². The summed E-state index contributed by atoms with van der Waals surface area (Å²) < 4.78 is 6.80. The molecule has 0 aliphatic rings. The van der Waals surface area contributed by atoms with Gasteiger partial charge in [0.05, 0.1) is 41.5 Å². The smallest absolute Gasteiger partial charge is 0.0992 e. The third-order valence-corrected chi connectivity index (χ3v) is 2.66. The van der Waals surface area contributed by atoms with Crippen molar-refractivity contribution in [3.8, 4) is 11.8 Å².